The van der Waals surface area contributed by atoms with E-state index in [1.165, 1.54) is 0 Å². The summed E-state index contributed by atoms with van der Waals surface area (Å²) in [5.74, 6) is -0.0905. The van der Waals surface area contributed by atoms with Crippen LogP contribution in [-0.4, -0.2) is 44.4 Å². The maximum Gasteiger partial charge on any atom is 0.425 e. The van der Waals surface area contributed by atoms with Crippen molar-refractivity contribution in [1.29, 1.82) is 0 Å². The SMILES string of the molecule is O=C1OCCN1C[C@@H]1Cc2ccccc2C(S(=O)(=O)C(=O)OCc2ccccc2)C1. The Morgan fingerprint density at radius 3 is 2.57 bits per heavy atom. The molecule has 1 fully saturated rings. The van der Waals surface area contributed by atoms with Gasteiger partial charge in [-0.15, -0.1) is 0 Å². The highest BCUT2D eigenvalue weighted by molar-refractivity contribution is 8.05. The van der Waals surface area contributed by atoms with E-state index in [0.717, 1.165) is 11.1 Å². The minimum Gasteiger partial charge on any atom is -0.449 e. The molecule has 158 valence electrons. The van der Waals surface area contributed by atoms with Crippen LogP contribution in [0.3, 0.4) is 0 Å². The molecule has 2 aromatic carbocycles. The Morgan fingerprint density at radius 1 is 1.10 bits per heavy atom. The van der Waals surface area contributed by atoms with Crippen LogP contribution < -0.4 is 0 Å². The number of rotatable bonds is 5. The molecular weight excluding hydrogens is 406 g/mol. The maximum absolute atomic E-state index is 13.1. The Morgan fingerprint density at radius 2 is 1.83 bits per heavy atom. The summed E-state index contributed by atoms with van der Waals surface area (Å²) in [6.07, 6.45) is 0.518. The van der Waals surface area contributed by atoms with E-state index in [-0.39, 0.29) is 25.0 Å². The molecule has 1 heterocycles. The molecule has 8 heteroatoms. The van der Waals surface area contributed by atoms with Crippen molar-refractivity contribution in [3.8, 4) is 0 Å². The molecule has 2 atom stereocenters. The monoisotopic (exact) mass is 429 g/mol. The lowest BCUT2D eigenvalue weighted by atomic mass is 9.83. The van der Waals surface area contributed by atoms with Crippen LogP contribution in [0.4, 0.5) is 9.59 Å². The molecule has 1 saturated heterocycles. The zero-order chi connectivity index (χ0) is 21.1. The first-order valence-electron chi connectivity index (χ1n) is 9.89. The molecule has 2 aromatic rings. The van der Waals surface area contributed by atoms with Crippen molar-refractivity contribution >= 4 is 21.2 Å². The van der Waals surface area contributed by atoms with Gasteiger partial charge in [-0.3, -0.25) is 0 Å². The van der Waals surface area contributed by atoms with Gasteiger partial charge >= 0.3 is 11.4 Å². The molecule has 30 heavy (non-hydrogen) atoms. The predicted molar refractivity (Wildman–Crippen MR) is 109 cm³/mol. The van der Waals surface area contributed by atoms with Crippen LogP contribution in [0.15, 0.2) is 54.6 Å². The first-order valence-corrected chi connectivity index (χ1v) is 11.4. The highest BCUT2D eigenvalue weighted by Crippen LogP contribution is 2.40. The van der Waals surface area contributed by atoms with Crippen LogP contribution >= 0.6 is 0 Å². The zero-order valence-corrected chi connectivity index (χ0v) is 17.2. The van der Waals surface area contributed by atoms with Crippen molar-refractivity contribution in [2.45, 2.75) is 24.7 Å². The summed E-state index contributed by atoms with van der Waals surface area (Å²) in [5, 5.41) is -2.21. The molecule has 0 N–H and O–H groups in total. The van der Waals surface area contributed by atoms with Crippen LogP contribution in [0.5, 0.6) is 0 Å². The normalized spacial score (nSPS) is 21.1. The van der Waals surface area contributed by atoms with E-state index in [1.807, 2.05) is 18.2 Å². The number of sulfone groups is 1. The van der Waals surface area contributed by atoms with E-state index >= 15 is 0 Å². The van der Waals surface area contributed by atoms with Gasteiger partial charge in [0.1, 0.15) is 13.2 Å². The number of hydrogen-bond acceptors (Lipinski definition) is 6. The van der Waals surface area contributed by atoms with Gasteiger partial charge in [0, 0.05) is 6.54 Å². The quantitative estimate of drug-likeness (QED) is 0.676. The topological polar surface area (TPSA) is 90.0 Å². The molecule has 1 unspecified atom stereocenters. The molecule has 0 bridgehead atoms. The highest BCUT2D eigenvalue weighted by atomic mass is 32.2. The van der Waals surface area contributed by atoms with Gasteiger partial charge in [-0.2, -0.15) is 0 Å². The lowest BCUT2D eigenvalue weighted by Gasteiger charge is -2.32. The van der Waals surface area contributed by atoms with E-state index in [1.54, 1.807) is 41.3 Å². The number of carbonyl (C=O) groups is 2. The number of ether oxygens (including phenoxy) is 2. The summed E-state index contributed by atoms with van der Waals surface area (Å²) in [7, 11) is -4.22. The number of nitrogens with zero attached hydrogens (tertiary/aromatic N) is 1. The molecule has 4 rings (SSSR count). The number of carbonyl (C=O) groups excluding carboxylic acids is 2. The second-order valence-corrected chi connectivity index (χ2v) is 9.62. The van der Waals surface area contributed by atoms with Crippen LogP contribution in [-0.2, 0) is 32.3 Å². The number of cyclic esters (lactones) is 1. The fourth-order valence-electron chi connectivity index (χ4n) is 4.11. The molecule has 2 aliphatic rings. The molecular formula is C22H23NO6S. The standard InChI is InChI=1S/C22H23NO6S/c24-21-23(10-11-28-21)14-17-12-18-8-4-5-9-19(18)20(13-17)30(26,27)22(25)29-15-16-6-2-1-3-7-16/h1-9,17,20H,10-15H2/t17-,20?/m1/s1. The third kappa shape index (κ3) is 4.18. The summed E-state index contributed by atoms with van der Waals surface area (Å²) in [5.41, 5.74) is 2.23. The van der Waals surface area contributed by atoms with E-state index < -0.39 is 20.4 Å². The van der Waals surface area contributed by atoms with E-state index in [2.05, 4.69) is 0 Å². The number of hydrogen-bond donors (Lipinski definition) is 0. The molecule has 0 radical (unpaired) electrons. The average Bonchev–Trinajstić information content (AvgIpc) is 3.16. The summed E-state index contributed by atoms with van der Waals surface area (Å²) in [6.45, 7) is 1.14. The molecule has 0 aromatic heterocycles. The maximum atomic E-state index is 13.1. The second-order valence-electron chi connectivity index (χ2n) is 7.62. The minimum atomic E-state index is -4.22. The summed E-state index contributed by atoms with van der Waals surface area (Å²) in [6, 6.07) is 16.2. The van der Waals surface area contributed by atoms with Gasteiger partial charge in [-0.25, -0.2) is 18.0 Å². The Bertz CT molecular complexity index is 1040. The molecule has 1 amide bonds. The molecule has 0 spiro atoms. The Labute approximate surface area is 175 Å². The Hall–Kier alpha value is -2.87. The first kappa shape index (κ1) is 20.4. The van der Waals surface area contributed by atoms with Gasteiger partial charge in [0.25, 0.3) is 9.84 Å². The van der Waals surface area contributed by atoms with Gasteiger partial charge in [-0.05, 0) is 35.4 Å². The highest BCUT2D eigenvalue weighted by Gasteiger charge is 2.42. The minimum absolute atomic E-state index is 0.0905. The largest absolute Gasteiger partial charge is 0.449 e. The average molecular weight is 429 g/mol. The van der Waals surface area contributed by atoms with Crippen LogP contribution in [0.25, 0.3) is 0 Å². The van der Waals surface area contributed by atoms with Crippen molar-refractivity contribution in [3.05, 3.63) is 71.3 Å². The number of benzene rings is 2. The fraction of sp³-hybridized carbons (Fsp3) is 0.364. The zero-order valence-electron chi connectivity index (χ0n) is 16.4. The number of amides is 1. The van der Waals surface area contributed by atoms with Gasteiger partial charge in [0.05, 0.1) is 11.8 Å². The van der Waals surface area contributed by atoms with E-state index in [0.29, 0.717) is 31.7 Å². The van der Waals surface area contributed by atoms with Crippen molar-refractivity contribution < 1.29 is 27.5 Å². The molecule has 1 aliphatic carbocycles. The van der Waals surface area contributed by atoms with Gasteiger partial charge in [0.2, 0.25) is 0 Å². The van der Waals surface area contributed by atoms with Crippen molar-refractivity contribution in [3.63, 3.8) is 0 Å². The smallest absolute Gasteiger partial charge is 0.425 e. The van der Waals surface area contributed by atoms with Crippen LogP contribution in [0, 0.1) is 5.92 Å². The Kier molecular flexibility index (Phi) is 5.76. The summed E-state index contributed by atoms with van der Waals surface area (Å²) >= 11 is 0. The van der Waals surface area contributed by atoms with Crippen molar-refractivity contribution in [2.75, 3.05) is 19.7 Å². The fourth-order valence-corrected chi connectivity index (χ4v) is 5.65. The predicted octanol–water partition coefficient (Wildman–Crippen LogP) is 3.49. The summed E-state index contributed by atoms with van der Waals surface area (Å²) in [4.78, 5) is 26.0. The van der Waals surface area contributed by atoms with Gasteiger partial charge < -0.3 is 14.4 Å². The third-order valence-electron chi connectivity index (χ3n) is 5.59. The molecule has 0 saturated carbocycles. The molecule has 1 aliphatic heterocycles. The first-order chi connectivity index (χ1) is 14.4. The molecule has 7 nitrogen and oxygen atoms in total. The van der Waals surface area contributed by atoms with E-state index in [4.69, 9.17) is 9.47 Å². The third-order valence-corrected chi connectivity index (χ3v) is 7.37. The van der Waals surface area contributed by atoms with Gasteiger partial charge in [-0.1, -0.05) is 54.6 Å². The summed E-state index contributed by atoms with van der Waals surface area (Å²) < 4.78 is 36.4. The Balaban J connectivity index is 1.53. The van der Waals surface area contributed by atoms with Crippen LogP contribution in [0.2, 0.25) is 0 Å². The van der Waals surface area contributed by atoms with Crippen LogP contribution in [0.1, 0.15) is 28.4 Å². The van der Waals surface area contributed by atoms with Crippen molar-refractivity contribution in [2.24, 2.45) is 5.92 Å². The van der Waals surface area contributed by atoms with Crippen molar-refractivity contribution in [1.82, 2.24) is 4.90 Å². The second kappa shape index (κ2) is 8.47. The number of fused-ring (bicyclic) bond motifs is 1. The van der Waals surface area contributed by atoms with E-state index in [9.17, 15) is 18.0 Å². The lowest BCUT2D eigenvalue weighted by molar-refractivity contribution is 0.152. The lowest BCUT2D eigenvalue weighted by Crippen LogP contribution is -2.36. The van der Waals surface area contributed by atoms with Gasteiger partial charge in [0.15, 0.2) is 0 Å².